The van der Waals surface area contributed by atoms with Gasteiger partial charge in [-0.05, 0) is 23.8 Å². The molecular formula is C15H12BrClO3. The number of benzene rings is 2. The highest BCUT2D eigenvalue weighted by Crippen LogP contribution is 2.34. The van der Waals surface area contributed by atoms with Gasteiger partial charge in [0.1, 0.15) is 6.61 Å². The van der Waals surface area contributed by atoms with Gasteiger partial charge in [0.05, 0.1) is 12.7 Å². The summed E-state index contributed by atoms with van der Waals surface area (Å²) in [5.41, 5.74) is 1.36. The van der Waals surface area contributed by atoms with Crippen molar-refractivity contribution in [2.45, 2.75) is 6.61 Å². The van der Waals surface area contributed by atoms with Gasteiger partial charge < -0.3 is 9.47 Å². The number of ether oxygens (including phenoxy) is 2. The molecule has 0 spiro atoms. The van der Waals surface area contributed by atoms with Crippen LogP contribution in [-0.2, 0) is 6.61 Å². The first-order valence-electron chi connectivity index (χ1n) is 5.84. The van der Waals surface area contributed by atoms with Crippen LogP contribution in [0.1, 0.15) is 15.9 Å². The van der Waals surface area contributed by atoms with E-state index in [9.17, 15) is 4.79 Å². The Labute approximate surface area is 130 Å². The van der Waals surface area contributed by atoms with Gasteiger partial charge in [0.2, 0.25) is 0 Å². The lowest BCUT2D eigenvalue weighted by Gasteiger charge is -2.13. The molecule has 0 bridgehead atoms. The molecule has 0 aromatic heterocycles. The third-order valence-corrected chi connectivity index (χ3v) is 3.44. The average molecular weight is 356 g/mol. The van der Waals surface area contributed by atoms with Gasteiger partial charge >= 0.3 is 0 Å². The summed E-state index contributed by atoms with van der Waals surface area (Å²) in [5, 5.41) is 0.431. The van der Waals surface area contributed by atoms with Gasteiger partial charge in [-0.3, -0.25) is 4.79 Å². The topological polar surface area (TPSA) is 35.5 Å². The minimum Gasteiger partial charge on any atom is -0.493 e. The van der Waals surface area contributed by atoms with E-state index in [-0.39, 0.29) is 0 Å². The quantitative estimate of drug-likeness (QED) is 0.741. The molecular weight excluding hydrogens is 344 g/mol. The molecule has 104 valence electrons. The van der Waals surface area contributed by atoms with E-state index >= 15 is 0 Å². The fourth-order valence-electron chi connectivity index (χ4n) is 1.72. The van der Waals surface area contributed by atoms with Crippen LogP contribution in [0.5, 0.6) is 11.5 Å². The number of aldehydes is 1. The third kappa shape index (κ3) is 3.52. The van der Waals surface area contributed by atoms with Gasteiger partial charge in [-0.2, -0.15) is 0 Å². The molecule has 0 N–H and O–H groups in total. The first kappa shape index (κ1) is 14.9. The van der Waals surface area contributed by atoms with Crippen molar-refractivity contribution >= 4 is 33.8 Å². The molecule has 0 unspecified atom stereocenters. The Bertz CT molecular complexity index is 611. The molecule has 0 radical (unpaired) electrons. The van der Waals surface area contributed by atoms with Gasteiger partial charge in [0.15, 0.2) is 17.8 Å². The lowest BCUT2D eigenvalue weighted by atomic mass is 10.2. The zero-order valence-electron chi connectivity index (χ0n) is 10.7. The molecule has 0 heterocycles. The highest BCUT2D eigenvalue weighted by Gasteiger charge is 2.12. The lowest BCUT2D eigenvalue weighted by molar-refractivity contribution is 0.111. The molecule has 2 aromatic rings. The van der Waals surface area contributed by atoms with E-state index in [0.29, 0.717) is 35.0 Å². The normalized spacial score (nSPS) is 10.2. The molecule has 0 saturated heterocycles. The summed E-state index contributed by atoms with van der Waals surface area (Å²) in [7, 11) is 1.51. The van der Waals surface area contributed by atoms with Crippen LogP contribution >= 0.6 is 27.5 Å². The van der Waals surface area contributed by atoms with Gasteiger partial charge in [-0.15, -0.1) is 0 Å². The van der Waals surface area contributed by atoms with E-state index in [2.05, 4.69) is 15.9 Å². The SMILES string of the molecule is COc1cc(Cl)cc(C=O)c1OCc1ccc(Br)cc1. The van der Waals surface area contributed by atoms with Crippen LogP contribution in [0.15, 0.2) is 40.9 Å². The second-order valence-corrected chi connectivity index (χ2v) is 5.41. The second-order valence-electron chi connectivity index (χ2n) is 4.06. The third-order valence-electron chi connectivity index (χ3n) is 2.69. The lowest BCUT2D eigenvalue weighted by Crippen LogP contribution is -2.01. The number of hydrogen-bond donors (Lipinski definition) is 0. The summed E-state index contributed by atoms with van der Waals surface area (Å²) in [6.07, 6.45) is 0.700. The van der Waals surface area contributed by atoms with E-state index in [1.54, 1.807) is 12.1 Å². The molecule has 2 rings (SSSR count). The summed E-state index contributed by atoms with van der Waals surface area (Å²) >= 11 is 9.29. The monoisotopic (exact) mass is 354 g/mol. The molecule has 0 aliphatic heterocycles. The Hall–Kier alpha value is -1.52. The van der Waals surface area contributed by atoms with Crippen LogP contribution in [-0.4, -0.2) is 13.4 Å². The Balaban J connectivity index is 2.24. The number of carbonyl (C=O) groups is 1. The summed E-state index contributed by atoms with van der Waals surface area (Å²) in [5.74, 6) is 0.839. The van der Waals surface area contributed by atoms with Crippen molar-refractivity contribution in [3.8, 4) is 11.5 Å². The van der Waals surface area contributed by atoms with Gasteiger partial charge in [0.25, 0.3) is 0 Å². The van der Waals surface area contributed by atoms with Crippen molar-refractivity contribution in [2.24, 2.45) is 0 Å². The zero-order chi connectivity index (χ0) is 14.5. The Morgan fingerprint density at radius 2 is 1.95 bits per heavy atom. The largest absolute Gasteiger partial charge is 0.493 e. The zero-order valence-corrected chi connectivity index (χ0v) is 13.1. The minimum absolute atomic E-state index is 0.339. The summed E-state index contributed by atoms with van der Waals surface area (Å²) in [6.45, 7) is 0.339. The number of hydrogen-bond acceptors (Lipinski definition) is 3. The molecule has 3 nitrogen and oxygen atoms in total. The Kier molecular flexibility index (Phi) is 5.04. The fraction of sp³-hybridized carbons (Fsp3) is 0.133. The van der Waals surface area contributed by atoms with Crippen LogP contribution in [0.25, 0.3) is 0 Å². The number of carbonyl (C=O) groups excluding carboxylic acids is 1. The van der Waals surface area contributed by atoms with Crippen LogP contribution < -0.4 is 9.47 Å². The van der Waals surface area contributed by atoms with Crippen molar-refractivity contribution in [1.82, 2.24) is 0 Å². The van der Waals surface area contributed by atoms with Crippen molar-refractivity contribution in [3.05, 3.63) is 57.0 Å². The van der Waals surface area contributed by atoms with Gasteiger partial charge in [-0.25, -0.2) is 0 Å². The van der Waals surface area contributed by atoms with E-state index in [1.807, 2.05) is 24.3 Å². The average Bonchev–Trinajstić information content (AvgIpc) is 2.46. The van der Waals surface area contributed by atoms with E-state index in [1.165, 1.54) is 7.11 Å². The number of methoxy groups -OCH3 is 1. The predicted octanol–water partition coefficient (Wildman–Crippen LogP) is 4.50. The molecule has 5 heteroatoms. The van der Waals surface area contributed by atoms with Crippen molar-refractivity contribution in [2.75, 3.05) is 7.11 Å². The van der Waals surface area contributed by atoms with Crippen LogP contribution in [0.4, 0.5) is 0 Å². The minimum atomic E-state index is 0.339. The van der Waals surface area contributed by atoms with E-state index in [4.69, 9.17) is 21.1 Å². The molecule has 0 amide bonds. The maximum Gasteiger partial charge on any atom is 0.172 e. The summed E-state index contributed by atoms with van der Waals surface area (Å²) in [6, 6.07) is 10.9. The summed E-state index contributed by atoms with van der Waals surface area (Å²) in [4.78, 5) is 11.1. The molecule has 0 aliphatic carbocycles. The molecule has 0 saturated carbocycles. The standard InChI is InChI=1S/C15H12BrClO3/c1-19-14-7-13(17)6-11(8-18)15(14)20-9-10-2-4-12(16)5-3-10/h2-8H,9H2,1H3. The van der Waals surface area contributed by atoms with Crippen LogP contribution in [0.2, 0.25) is 5.02 Å². The van der Waals surface area contributed by atoms with E-state index < -0.39 is 0 Å². The van der Waals surface area contributed by atoms with Gasteiger partial charge in [0, 0.05) is 15.6 Å². The molecule has 0 atom stereocenters. The van der Waals surface area contributed by atoms with Gasteiger partial charge in [-0.1, -0.05) is 39.7 Å². The highest BCUT2D eigenvalue weighted by atomic mass is 79.9. The fourth-order valence-corrected chi connectivity index (χ4v) is 2.20. The smallest absolute Gasteiger partial charge is 0.172 e. The van der Waals surface area contributed by atoms with Crippen LogP contribution in [0, 0.1) is 0 Å². The predicted molar refractivity (Wildman–Crippen MR) is 81.9 cm³/mol. The van der Waals surface area contributed by atoms with E-state index in [0.717, 1.165) is 10.0 Å². The number of halogens is 2. The first-order valence-corrected chi connectivity index (χ1v) is 7.01. The highest BCUT2D eigenvalue weighted by molar-refractivity contribution is 9.10. The molecule has 0 fully saturated rings. The Morgan fingerprint density at radius 1 is 1.25 bits per heavy atom. The maximum atomic E-state index is 11.1. The first-order chi connectivity index (χ1) is 9.63. The molecule has 20 heavy (non-hydrogen) atoms. The molecule has 0 aliphatic rings. The van der Waals surface area contributed by atoms with Crippen molar-refractivity contribution < 1.29 is 14.3 Å². The van der Waals surface area contributed by atoms with Crippen molar-refractivity contribution in [3.63, 3.8) is 0 Å². The molecule has 2 aromatic carbocycles. The number of rotatable bonds is 5. The second kappa shape index (κ2) is 6.77. The van der Waals surface area contributed by atoms with Crippen molar-refractivity contribution in [1.29, 1.82) is 0 Å². The Morgan fingerprint density at radius 3 is 2.55 bits per heavy atom. The summed E-state index contributed by atoms with van der Waals surface area (Å²) < 4.78 is 11.9. The van der Waals surface area contributed by atoms with Crippen LogP contribution in [0.3, 0.4) is 0 Å². The maximum absolute atomic E-state index is 11.1.